The average molecular weight is 242 g/mol. The summed E-state index contributed by atoms with van der Waals surface area (Å²) in [6.07, 6.45) is 0.442. The fourth-order valence-corrected chi connectivity index (χ4v) is 2.23. The van der Waals surface area contributed by atoms with Gasteiger partial charge in [0.2, 0.25) is 6.23 Å². The minimum Gasteiger partial charge on any atom is -0.631 e. The van der Waals surface area contributed by atoms with Crippen molar-refractivity contribution in [1.82, 2.24) is 0 Å². The van der Waals surface area contributed by atoms with Gasteiger partial charge >= 0.3 is 0 Å². The Morgan fingerprint density at radius 2 is 2.12 bits per heavy atom. The van der Waals surface area contributed by atoms with Gasteiger partial charge in [-0.3, -0.25) is 0 Å². The van der Waals surface area contributed by atoms with Gasteiger partial charge < -0.3 is 14.6 Å². The first-order valence-corrected chi connectivity index (χ1v) is 5.98. The van der Waals surface area contributed by atoms with Crippen molar-refractivity contribution in [2.24, 2.45) is 0 Å². The van der Waals surface area contributed by atoms with Crippen LogP contribution in [0.1, 0.15) is 25.1 Å². The number of nitrogens with zero attached hydrogens (tertiary/aromatic N) is 1. The Morgan fingerprint density at radius 1 is 1.44 bits per heavy atom. The van der Waals surface area contributed by atoms with Crippen molar-refractivity contribution in [1.29, 1.82) is 0 Å². The van der Waals surface area contributed by atoms with Gasteiger partial charge in [0.25, 0.3) is 0 Å². The smallest absolute Gasteiger partial charge is 0.219 e. The molecule has 16 heavy (non-hydrogen) atoms. The molecule has 1 saturated heterocycles. The molecular formula is C12H16ClNO2. The molecule has 0 radical (unpaired) electrons. The first-order chi connectivity index (χ1) is 7.65. The molecular weight excluding hydrogens is 226 g/mol. The van der Waals surface area contributed by atoms with Gasteiger partial charge in [0, 0.05) is 17.0 Å². The van der Waals surface area contributed by atoms with Crippen LogP contribution in [-0.4, -0.2) is 24.3 Å². The molecule has 1 aliphatic heterocycles. The Morgan fingerprint density at radius 3 is 2.75 bits per heavy atom. The zero-order valence-corrected chi connectivity index (χ0v) is 10.1. The summed E-state index contributed by atoms with van der Waals surface area (Å²) in [4.78, 5) is 0. The van der Waals surface area contributed by atoms with Gasteiger partial charge in [-0.05, 0) is 31.2 Å². The fraction of sp³-hybridized carbons (Fsp3) is 0.500. The van der Waals surface area contributed by atoms with E-state index in [0.717, 1.165) is 12.0 Å². The Hall–Kier alpha value is -0.610. The molecule has 1 aliphatic rings. The predicted octanol–water partition coefficient (Wildman–Crippen LogP) is 3.09. The molecule has 0 amide bonds. The third-order valence-corrected chi connectivity index (χ3v) is 3.33. The number of quaternary nitrogens is 1. The van der Waals surface area contributed by atoms with E-state index in [4.69, 9.17) is 16.3 Å². The molecule has 2 rings (SSSR count). The monoisotopic (exact) mass is 241 g/mol. The van der Waals surface area contributed by atoms with Crippen LogP contribution in [-0.2, 0) is 4.74 Å². The number of benzene rings is 1. The highest BCUT2D eigenvalue weighted by Crippen LogP contribution is 2.33. The maximum atomic E-state index is 12.5. The molecule has 1 heterocycles. The lowest BCUT2D eigenvalue weighted by Crippen LogP contribution is -2.50. The molecule has 88 valence electrons. The number of ether oxygens (including phenoxy) is 1. The summed E-state index contributed by atoms with van der Waals surface area (Å²) in [5, 5.41) is 13.2. The van der Waals surface area contributed by atoms with E-state index in [-0.39, 0.29) is 4.65 Å². The minimum absolute atomic E-state index is 0.290. The zero-order chi connectivity index (χ0) is 11.6. The Balaban J connectivity index is 2.26. The second kappa shape index (κ2) is 4.72. The highest BCUT2D eigenvalue weighted by Gasteiger charge is 2.32. The van der Waals surface area contributed by atoms with Crippen molar-refractivity contribution >= 4 is 11.6 Å². The van der Waals surface area contributed by atoms with Crippen molar-refractivity contribution in [2.75, 3.05) is 19.7 Å². The SMILES string of the molecule is CC[N+]1([O-])CCCOC1c1ccc(Cl)cc1. The average Bonchev–Trinajstić information content (AvgIpc) is 2.31. The Labute approximate surface area is 101 Å². The molecule has 1 aromatic rings. The summed E-state index contributed by atoms with van der Waals surface area (Å²) in [7, 11) is 0. The predicted molar refractivity (Wildman–Crippen MR) is 63.8 cm³/mol. The second-order valence-corrected chi connectivity index (χ2v) is 4.56. The molecule has 4 heteroatoms. The summed E-state index contributed by atoms with van der Waals surface area (Å²) >= 11 is 5.83. The number of halogens is 1. The van der Waals surface area contributed by atoms with E-state index in [1.165, 1.54) is 0 Å². The number of hydrogen-bond donors (Lipinski definition) is 0. The molecule has 0 aliphatic carbocycles. The van der Waals surface area contributed by atoms with Crippen molar-refractivity contribution in [3.8, 4) is 0 Å². The summed E-state index contributed by atoms with van der Waals surface area (Å²) < 4.78 is 5.34. The lowest BCUT2D eigenvalue weighted by Gasteiger charge is -2.50. The largest absolute Gasteiger partial charge is 0.631 e. The second-order valence-electron chi connectivity index (χ2n) is 4.12. The van der Waals surface area contributed by atoms with Crippen LogP contribution in [0.4, 0.5) is 0 Å². The number of hydroxylamine groups is 3. The summed E-state index contributed by atoms with van der Waals surface area (Å²) in [6.45, 7) is 3.73. The van der Waals surface area contributed by atoms with E-state index in [2.05, 4.69) is 0 Å². The molecule has 0 aromatic heterocycles. The summed E-state index contributed by atoms with van der Waals surface area (Å²) in [5.41, 5.74) is 0.918. The molecule has 3 nitrogen and oxygen atoms in total. The van der Waals surface area contributed by atoms with Crippen LogP contribution >= 0.6 is 11.6 Å². The first-order valence-electron chi connectivity index (χ1n) is 5.60. The van der Waals surface area contributed by atoms with Crippen LogP contribution < -0.4 is 0 Å². The molecule has 2 unspecified atom stereocenters. The highest BCUT2D eigenvalue weighted by atomic mass is 35.5. The van der Waals surface area contributed by atoms with E-state index in [9.17, 15) is 5.21 Å². The molecule has 0 N–H and O–H groups in total. The minimum atomic E-state index is -0.393. The molecule has 2 atom stereocenters. The lowest BCUT2D eigenvalue weighted by molar-refractivity contribution is -0.941. The van der Waals surface area contributed by atoms with Crippen molar-refractivity contribution in [3.05, 3.63) is 40.1 Å². The van der Waals surface area contributed by atoms with Gasteiger partial charge in [-0.1, -0.05) is 11.6 Å². The molecule has 0 spiro atoms. The van der Waals surface area contributed by atoms with Crippen molar-refractivity contribution in [3.63, 3.8) is 0 Å². The topological polar surface area (TPSA) is 32.3 Å². The van der Waals surface area contributed by atoms with E-state index in [1.807, 2.05) is 19.1 Å². The fourth-order valence-electron chi connectivity index (χ4n) is 2.10. The molecule has 1 fully saturated rings. The van der Waals surface area contributed by atoms with E-state index in [0.29, 0.717) is 24.7 Å². The third-order valence-electron chi connectivity index (χ3n) is 3.07. The summed E-state index contributed by atoms with van der Waals surface area (Å²) in [6, 6.07) is 7.35. The van der Waals surface area contributed by atoms with Crippen LogP contribution in [0.2, 0.25) is 5.02 Å². The van der Waals surface area contributed by atoms with Crippen LogP contribution in [0, 0.1) is 5.21 Å². The van der Waals surface area contributed by atoms with Gasteiger partial charge in [0.1, 0.15) is 0 Å². The number of hydrogen-bond acceptors (Lipinski definition) is 2. The normalized spacial score (nSPS) is 30.3. The first kappa shape index (κ1) is 11.9. The van der Waals surface area contributed by atoms with E-state index < -0.39 is 6.23 Å². The van der Waals surface area contributed by atoms with E-state index >= 15 is 0 Å². The standard InChI is InChI=1S/C12H16ClNO2/c1-2-14(15)8-3-9-16-12(14)10-4-6-11(13)7-5-10/h4-7,12H,2-3,8-9H2,1H3. The van der Waals surface area contributed by atoms with Crippen molar-refractivity contribution < 1.29 is 9.38 Å². The van der Waals surface area contributed by atoms with Crippen LogP contribution in [0.5, 0.6) is 0 Å². The zero-order valence-electron chi connectivity index (χ0n) is 9.36. The van der Waals surface area contributed by atoms with Gasteiger partial charge in [-0.15, -0.1) is 0 Å². The number of rotatable bonds is 2. The third kappa shape index (κ3) is 2.23. The maximum Gasteiger partial charge on any atom is 0.219 e. The van der Waals surface area contributed by atoms with Gasteiger partial charge in [0.05, 0.1) is 19.7 Å². The van der Waals surface area contributed by atoms with Crippen LogP contribution in [0.25, 0.3) is 0 Å². The molecule has 0 bridgehead atoms. The Bertz CT molecular complexity index is 355. The van der Waals surface area contributed by atoms with Gasteiger partial charge in [0.15, 0.2) is 0 Å². The summed E-state index contributed by atoms with van der Waals surface area (Å²) in [5.74, 6) is 0. The van der Waals surface area contributed by atoms with E-state index in [1.54, 1.807) is 12.1 Å². The van der Waals surface area contributed by atoms with Crippen molar-refractivity contribution in [2.45, 2.75) is 19.6 Å². The maximum absolute atomic E-state index is 12.5. The van der Waals surface area contributed by atoms with Gasteiger partial charge in [-0.25, -0.2) is 0 Å². The van der Waals surface area contributed by atoms with Gasteiger partial charge in [-0.2, -0.15) is 0 Å². The lowest BCUT2D eigenvalue weighted by atomic mass is 10.1. The van der Waals surface area contributed by atoms with Crippen LogP contribution in [0.3, 0.4) is 0 Å². The quantitative estimate of drug-likeness (QED) is 0.589. The Kier molecular flexibility index (Phi) is 3.50. The molecule has 0 saturated carbocycles. The van der Waals surface area contributed by atoms with Crippen LogP contribution in [0.15, 0.2) is 24.3 Å². The molecule has 1 aromatic carbocycles. The highest BCUT2D eigenvalue weighted by molar-refractivity contribution is 6.30.